The molecule has 13 heteroatoms. The largest absolute Gasteiger partial charge is 0.492 e. The summed E-state index contributed by atoms with van der Waals surface area (Å²) in [5, 5.41) is 7.12. The van der Waals surface area contributed by atoms with Crippen LogP contribution in [-0.2, 0) is 14.8 Å². The van der Waals surface area contributed by atoms with Crippen molar-refractivity contribution in [3.63, 3.8) is 0 Å². The van der Waals surface area contributed by atoms with E-state index in [-0.39, 0.29) is 16.2 Å². The minimum Gasteiger partial charge on any atom is -0.492 e. The molecule has 1 amide bonds. The number of alkyl halides is 3. The van der Waals surface area contributed by atoms with E-state index >= 15 is 0 Å². The molecule has 0 unspecified atom stereocenters. The number of carbonyl (C=O) groups excluding carboxylic acids is 1. The van der Waals surface area contributed by atoms with Crippen LogP contribution < -0.4 is 9.46 Å². The second-order valence-electron chi connectivity index (χ2n) is 7.87. The summed E-state index contributed by atoms with van der Waals surface area (Å²) in [6, 6.07) is 11.9. The van der Waals surface area contributed by atoms with Gasteiger partial charge in [-0.25, -0.2) is 17.9 Å². The zero-order valence-corrected chi connectivity index (χ0v) is 18.6. The van der Waals surface area contributed by atoms with Crippen molar-refractivity contribution >= 4 is 21.9 Å². The highest BCUT2D eigenvalue weighted by molar-refractivity contribution is 7.89. The summed E-state index contributed by atoms with van der Waals surface area (Å²) in [4.78, 5) is 27.5. The van der Waals surface area contributed by atoms with Gasteiger partial charge in [0.25, 0.3) is 5.91 Å². The Kier molecular flexibility index (Phi) is 7.46. The number of hydrogen-bond acceptors (Lipinski definition) is 6. The zero-order valence-electron chi connectivity index (χ0n) is 17.8. The molecule has 4 rings (SSSR count). The number of para-hydroxylation sites is 1. The number of aromatic nitrogens is 1. The normalized spacial score (nSPS) is 18.9. The van der Waals surface area contributed by atoms with Crippen molar-refractivity contribution in [3.8, 4) is 5.75 Å². The number of carbonyl (C=O) groups is 2. The lowest BCUT2D eigenvalue weighted by molar-refractivity contribution is -0.192. The molecular formula is C21H22F3N3O6S. The monoisotopic (exact) mass is 501 g/mol. The van der Waals surface area contributed by atoms with Crippen molar-refractivity contribution in [1.29, 1.82) is 0 Å². The molecule has 0 saturated carbocycles. The maximum Gasteiger partial charge on any atom is 0.490 e. The highest BCUT2D eigenvalue weighted by Crippen LogP contribution is 2.36. The number of pyridine rings is 1. The third-order valence-corrected chi connectivity index (χ3v) is 6.99. The molecule has 184 valence electrons. The molecule has 1 aromatic heterocycles. The Morgan fingerprint density at radius 3 is 2.29 bits per heavy atom. The van der Waals surface area contributed by atoms with Crippen molar-refractivity contribution in [1.82, 2.24) is 14.6 Å². The van der Waals surface area contributed by atoms with Gasteiger partial charge in [0.05, 0.1) is 6.61 Å². The second kappa shape index (κ2) is 9.97. The van der Waals surface area contributed by atoms with Crippen molar-refractivity contribution in [2.45, 2.75) is 23.9 Å². The van der Waals surface area contributed by atoms with Gasteiger partial charge in [0, 0.05) is 31.2 Å². The Bertz CT molecular complexity index is 1130. The van der Waals surface area contributed by atoms with E-state index in [1.165, 1.54) is 0 Å². The highest BCUT2D eigenvalue weighted by atomic mass is 32.2. The number of nitrogens with one attached hydrogen (secondary N) is 1. The first-order chi connectivity index (χ1) is 15.9. The first kappa shape index (κ1) is 25.4. The van der Waals surface area contributed by atoms with Gasteiger partial charge in [0.2, 0.25) is 10.0 Å². The van der Waals surface area contributed by atoms with Crippen LogP contribution in [0.25, 0.3) is 0 Å². The lowest BCUT2D eigenvalue weighted by Gasteiger charge is -2.42. The predicted molar refractivity (Wildman–Crippen MR) is 113 cm³/mol. The quantitative estimate of drug-likeness (QED) is 0.614. The van der Waals surface area contributed by atoms with E-state index in [0.29, 0.717) is 50.5 Å². The molecule has 9 nitrogen and oxygen atoms in total. The van der Waals surface area contributed by atoms with Crippen LogP contribution in [0.15, 0.2) is 53.6 Å². The fraction of sp³-hybridized carbons (Fsp3) is 0.381. The van der Waals surface area contributed by atoms with E-state index in [9.17, 15) is 26.4 Å². The first-order valence-electron chi connectivity index (χ1n) is 10.2. The van der Waals surface area contributed by atoms with Gasteiger partial charge in [-0.1, -0.05) is 18.2 Å². The number of carboxylic acids is 1. The molecule has 1 aromatic carbocycles. The predicted octanol–water partition coefficient (Wildman–Crippen LogP) is 2.31. The van der Waals surface area contributed by atoms with E-state index in [4.69, 9.17) is 14.6 Å². The summed E-state index contributed by atoms with van der Waals surface area (Å²) < 4.78 is 65.5. The molecule has 2 aliphatic rings. The number of piperidine rings is 1. The molecular weight excluding hydrogens is 479 g/mol. The van der Waals surface area contributed by atoms with E-state index in [1.807, 2.05) is 0 Å². The minimum atomic E-state index is -5.08. The van der Waals surface area contributed by atoms with Crippen LogP contribution in [0.4, 0.5) is 13.2 Å². The number of sulfonamides is 1. The van der Waals surface area contributed by atoms with E-state index < -0.39 is 22.2 Å². The van der Waals surface area contributed by atoms with Gasteiger partial charge in [-0.3, -0.25) is 9.78 Å². The van der Waals surface area contributed by atoms with E-state index in [1.54, 1.807) is 53.6 Å². The maximum atomic E-state index is 12.6. The number of nitrogens with zero attached hydrogens (tertiary/aromatic N) is 2. The van der Waals surface area contributed by atoms with E-state index in [0.717, 1.165) is 0 Å². The minimum absolute atomic E-state index is 0.0943. The Labute approximate surface area is 193 Å². The van der Waals surface area contributed by atoms with Crippen molar-refractivity contribution in [2.24, 2.45) is 5.41 Å². The summed E-state index contributed by atoms with van der Waals surface area (Å²) in [6.45, 7) is 1.80. The number of halogens is 3. The Morgan fingerprint density at radius 2 is 1.71 bits per heavy atom. The van der Waals surface area contributed by atoms with Crippen molar-refractivity contribution < 1.29 is 41.0 Å². The smallest absolute Gasteiger partial charge is 0.490 e. The lowest BCUT2D eigenvalue weighted by Crippen LogP contribution is -2.51. The number of ether oxygens (including phenoxy) is 1. The summed E-state index contributed by atoms with van der Waals surface area (Å²) >= 11 is 0. The van der Waals surface area contributed by atoms with Gasteiger partial charge < -0.3 is 14.7 Å². The molecule has 2 N–H and O–H groups in total. The molecule has 1 fully saturated rings. The van der Waals surface area contributed by atoms with E-state index in [2.05, 4.69) is 9.71 Å². The molecule has 0 bridgehead atoms. The molecule has 2 aliphatic heterocycles. The topological polar surface area (TPSA) is 126 Å². The Morgan fingerprint density at radius 1 is 1.09 bits per heavy atom. The van der Waals surface area contributed by atoms with Crippen molar-refractivity contribution in [3.05, 3.63) is 54.4 Å². The van der Waals surface area contributed by atoms with Crippen LogP contribution in [0, 0.1) is 5.41 Å². The third-order valence-electron chi connectivity index (χ3n) is 5.55. The second-order valence-corrected chi connectivity index (χ2v) is 9.61. The average molecular weight is 501 g/mol. The number of carboxylic acid groups (broad SMARTS) is 1. The molecule has 0 radical (unpaired) electrons. The number of hydrogen-bond donors (Lipinski definition) is 2. The highest BCUT2D eigenvalue weighted by Gasteiger charge is 2.40. The molecule has 3 heterocycles. The third kappa shape index (κ3) is 6.03. The van der Waals surface area contributed by atoms with Crippen LogP contribution >= 0.6 is 0 Å². The standard InChI is InChI=1S/C19H21N3O4S.C2HF3O2/c23-18(15-5-3-4-10-20-15)22-11-8-19(9-12-22)13-21-27(24,25)17-7-2-1-6-16(17)26-14-19;3-2(4,5)1(6)7/h1-7,10,21H,8-9,11-14H2;(H,6,7). The summed E-state index contributed by atoms with van der Waals surface area (Å²) in [7, 11) is -3.62. The van der Waals surface area contributed by atoms with Crippen LogP contribution in [0.1, 0.15) is 23.3 Å². The Balaban J connectivity index is 0.000000406. The molecule has 1 saturated heterocycles. The van der Waals surface area contributed by atoms with Gasteiger partial charge in [-0.2, -0.15) is 13.2 Å². The van der Waals surface area contributed by atoms with Gasteiger partial charge in [-0.15, -0.1) is 0 Å². The number of likely N-dealkylation sites (tertiary alicyclic amines) is 1. The average Bonchev–Trinajstić information content (AvgIpc) is 2.81. The summed E-state index contributed by atoms with van der Waals surface area (Å²) in [5.74, 6) is -2.48. The first-order valence-corrected chi connectivity index (χ1v) is 11.6. The van der Waals surface area contributed by atoms with Crippen LogP contribution in [0.5, 0.6) is 5.75 Å². The van der Waals surface area contributed by atoms with Crippen LogP contribution in [-0.4, -0.2) is 67.7 Å². The zero-order chi connectivity index (χ0) is 25.0. The van der Waals surface area contributed by atoms with Gasteiger partial charge in [0.1, 0.15) is 16.3 Å². The van der Waals surface area contributed by atoms with Crippen LogP contribution in [0.3, 0.4) is 0 Å². The summed E-state index contributed by atoms with van der Waals surface area (Å²) in [5.41, 5.74) is 0.0959. The van der Waals surface area contributed by atoms with Crippen molar-refractivity contribution in [2.75, 3.05) is 26.2 Å². The maximum absolute atomic E-state index is 12.6. The summed E-state index contributed by atoms with van der Waals surface area (Å²) in [6.07, 6.45) is -2.15. The number of amides is 1. The number of benzene rings is 1. The molecule has 0 aliphatic carbocycles. The fourth-order valence-corrected chi connectivity index (χ4v) is 4.86. The Hall–Kier alpha value is -3.19. The van der Waals surface area contributed by atoms with Gasteiger partial charge >= 0.3 is 12.1 Å². The number of aliphatic carboxylic acids is 1. The van der Waals surface area contributed by atoms with Gasteiger partial charge in [-0.05, 0) is 37.1 Å². The molecule has 1 spiro atoms. The number of rotatable bonds is 1. The van der Waals surface area contributed by atoms with Gasteiger partial charge in [0.15, 0.2) is 0 Å². The molecule has 2 aromatic rings. The fourth-order valence-electron chi connectivity index (χ4n) is 3.56. The number of fused-ring (bicyclic) bond motifs is 1. The SMILES string of the molecule is O=C(O)C(F)(F)F.O=C(c1ccccn1)N1CCC2(CC1)CNS(=O)(=O)c1ccccc1OC2. The molecule has 0 atom stereocenters. The van der Waals surface area contributed by atoms with Crippen LogP contribution in [0.2, 0.25) is 0 Å². The molecule has 34 heavy (non-hydrogen) atoms. The lowest BCUT2D eigenvalue weighted by atomic mass is 9.79.